The van der Waals surface area contributed by atoms with E-state index in [1.165, 1.54) is 0 Å². The topological polar surface area (TPSA) is 186 Å². The molecule has 0 aliphatic rings. The highest BCUT2D eigenvalue weighted by Crippen LogP contribution is 2.07. The molecule has 3 atom stereocenters. The van der Waals surface area contributed by atoms with E-state index in [2.05, 4.69) is 15.6 Å². The number of hydrogen-bond acceptors (Lipinski definition) is 5. The molecule has 0 aromatic heterocycles. The zero-order valence-electron chi connectivity index (χ0n) is 17.4. The molecular formula is C20H32N6O4. The Bertz CT molecular complexity index is 734. The molecule has 1 aromatic rings. The highest BCUT2D eigenvalue weighted by Gasteiger charge is 2.29. The van der Waals surface area contributed by atoms with E-state index in [4.69, 9.17) is 17.2 Å². The minimum absolute atomic E-state index is 0.0342. The Morgan fingerprint density at radius 3 is 2.23 bits per heavy atom. The third-order valence-electron chi connectivity index (χ3n) is 4.45. The predicted molar refractivity (Wildman–Crippen MR) is 114 cm³/mol. The van der Waals surface area contributed by atoms with Gasteiger partial charge in [0.1, 0.15) is 12.1 Å². The Balaban J connectivity index is 2.70. The van der Waals surface area contributed by atoms with Gasteiger partial charge in [0.05, 0.1) is 6.04 Å². The molecule has 166 valence electrons. The molecule has 10 nitrogen and oxygen atoms in total. The molecule has 30 heavy (non-hydrogen) atoms. The molecule has 10 heteroatoms. The van der Waals surface area contributed by atoms with Crippen LogP contribution in [0, 0.1) is 5.92 Å². The maximum absolute atomic E-state index is 12.7. The van der Waals surface area contributed by atoms with Crippen LogP contribution in [0.5, 0.6) is 0 Å². The van der Waals surface area contributed by atoms with Crippen molar-refractivity contribution < 1.29 is 19.5 Å². The lowest BCUT2D eigenvalue weighted by Gasteiger charge is -2.25. The smallest absolute Gasteiger partial charge is 0.326 e. The van der Waals surface area contributed by atoms with E-state index < -0.39 is 35.9 Å². The van der Waals surface area contributed by atoms with Crippen molar-refractivity contribution in [2.24, 2.45) is 28.1 Å². The van der Waals surface area contributed by atoms with E-state index in [0.29, 0.717) is 19.4 Å². The number of carbonyl (C=O) groups is 3. The van der Waals surface area contributed by atoms with Gasteiger partial charge in [-0.15, -0.1) is 0 Å². The lowest BCUT2D eigenvalue weighted by atomic mass is 10.0. The van der Waals surface area contributed by atoms with Crippen LogP contribution in [-0.2, 0) is 20.8 Å². The van der Waals surface area contributed by atoms with E-state index in [0.717, 1.165) is 5.56 Å². The lowest BCUT2D eigenvalue weighted by Crippen LogP contribution is -2.56. The first-order valence-corrected chi connectivity index (χ1v) is 9.80. The lowest BCUT2D eigenvalue weighted by molar-refractivity contribution is -0.142. The largest absolute Gasteiger partial charge is 0.480 e. The zero-order chi connectivity index (χ0) is 22.7. The standard InChI is InChI=1S/C20H32N6O4/c1-12(2)16(26-17(27)14(21)9-6-10-24-20(22)23)18(28)25-15(19(29)30)11-13-7-4-3-5-8-13/h3-5,7-8,12,14-16H,6,9-11,21H2,1-2H3,(H,25,28)(H,26,27)(H,29,30)(H4,22,23,24)/t14-,15-,16-/m0/s1. The summed E-state index contributed by atoms with van der Waals surface area (Å²) in [6.07, 6.45) is 0.967. The molecule has 0 saturated heterocycles. The van der Waals surface area contributed by atoms with Crippen molar-refractivity contribution in [1.82, 2.24) is 10.6 Å². The number of amides is 2. The molecule has 2 amide bonds. The van der Waals surface area contributed by atoms with E-state index in [1.54, 1.807) is 38.1 Å². The summed E-state index contributed by atoms with van der Waals surface area (Å²) in [7, 11) is 0. The number of rotatable bonds is 12. The van der Waals surface area contributed by atoms with Crippen LogP contribution in [0.1, 0.15) is 32.3 Å². The van der Waals surface area contributed by atoms with E-state index >= 15 is 0 Å². The minimum Gasteiger partial charge on any atom is -0.480 e. The quantitative estimate of drug-likeness (QED) is 0.147. The Morgan fingerprint density at radius 1 is 1.07 bits per heavy atom. The molecule has 0 radical (unpaired) electrons. The number of nitrogens with two attached hydrogens (primary N) is 3. The predicted octanol–water partition coefficient (Wildman–Crippen LogP) is -0.680. The number of nitrogens with zero attached hydrogens (tertiary/aromatic N) is 1. The molecular weight excluding hydrogens is 388 g/mol. The van der Waals surface area contributed by atoms with Crippen LogP contribution < -0.4 is 27.8 Å². The summed E-state index contributed by atoms with van der Waals surface area (Å²) >= 11 is 0. The fourth-order valence-corrected chi connectivity index (χ4v) is 2.76. The first-order valence-electron chi connectivity index (χ1n) is 9.80. The Kier molecular flexibility index (Phi) is 10.3. The summed E-state index contributed by atoms with van der Waals surface area (Å²) < 4.78 is 0. The van der Waals surface area contributed by atoms with Crippen molar-refractivity contribution in [3.63, 3.8) is 0 Å². The van der Waals surface area contributed by atoms with Crippen molar-refractivity contribution >= 4 is 23.7 Å². The summed E-state index contributed by atoms with van der Waals surface area (Å²) in [5, 5.41) is 14.6. The molecule has 0 saturated carbocycles. The molecule has 9 N–H and O–H groups in total. The molecule has 0 heterocycles. The van der Waals surface area contributed by atoms with Crippen LogP contribution >= 0.6 is 0 Å². The monoisotopic (exact) mass is 420 g/mol. The fraction of sp³-hybridized carbons (Fsp3) is 0.500. The number of guanidine groups is 1. The van der Waals surface area contributed by atoms with Crippen LogP contribution in [0.25, 0.3) is 0 Å². The Morgan fingerprint density at radius 2 is 1.70 bits per heavy atom. The summed E-state index contributed by atoms with van der Waals surface area (Å²) in [5.41, 5.74) is 17.1. The number of aliphatic carboxylic acids is 1. The maximum atomic E-state index is 12.7. The number of carboxylic acids is 1. The van der Waals surface area contributed by atoms with Gasteiger partial charge in [-0.05, 0) is 24.3 Å². The Labute approximate surface area is 176 Å². The molecule has 1 aromatic carbocycles. The average molecular weight is 421 g/mol. The molecule has 0 fully saturated rings. The van der Waals surface area contributed by atoms with Crippen LogP contribution in [0.3, 0.4) is 0 Å². The number of benzene rings is 1. The maximum Gasteiger partial charge on any atom is 0.326 e. The summed E-state index contributed by atoms with van der Waals surface area (Å²) in [6.45, 7) is 3.85. The second kappa shape index (κ2) is 12.4. The van der Waals surface area contributed by atoms with Gasteiger partial charge in [0, 0.05) is 13.0 Å². The first kappa shape index (κ1) is 24.9. The third-order valence-corrected chi connectivity index (χ3v) is 4.45. The zero-order valence-corrected chi connectivity index (χ0v) is 17.4. The number of aliphatic imine (C=N–C) groups is 1. The SMILES string of the molecule is CC(C)[C@H](NC(=O)[C@@H](N)CCCN=C(N)N)C(=O)N[C@@H](Cc1ccccc1)C(=O)O. The van der Waals surface area contributed by atoms with Crippen LogP contribution in [-0.4, -0.2) is 53.5 Å². The highest BCUT2D eigenvalue weighted by molar-refractivity contribution is 5.92. The van der Waals surface area contributed by atoms with Crippen molar-refractivity contribution in [2.75, 3.05) is 6.54 Å². The highest BCUT2D eigenvalue weighted by atomic mass is 16.4. The normalized spacial score (nSPS) is 13.7. The van der Waals surface area contributed by atoms with Gasteiger partial charge in [-0.3, -0.25) is 14.6 Å². The van der Waals surface area contributed by atoms with Gasteiger partial charge in [-0.1, -0.05) is 44.2 Å². The second-order valence-corrected chi connectivity index (χ2v) is 7.37. The van der Waals surface area contributed by atoms with Gasteiger partial charge >= 0.3 is 5.97 Å². The van der Waals surface area contributed by atoms with E-state index in [-0.39, 0.29) is 18.3 Å². The number of carbonyl (C=O) groups excluding carboxylic acids is 2. The Hall–Kier alpha value is -3.14. The molecule has 1 rings (SSSR count). The summed E-state index contributed by atoms with van der Waals surface area (Å²) in [4.78, 5) is 40.5. The van der Waals surface area contributed by atoms with Crippen molar-refractivity contribution in [1.29, 1.82) is 0 Å². The number of carboxylic acid groups (broad SMARTS) is 1. The van der Waals surface area contributed by atoms with Crippen molar-refractivity contribution in [3.05, 3.63) is 35.9 Å². The fourth-order valence-electron chi connectivity index (χ4n) is 2.76. The summed E-state index contributed by atoms with van der Waals surface area (Å²) in [5.74, 6) is -2.53. The third kappa shape index (κ3) is 8.91. The van der Waals surface area contributed by atoms with Crippen LogP contribution in [0.4, 0.5) is 0 Å². The number of hydrogen-bond donors (Lipinski definition) is 6. The van der Waals surface area contributed by atoms with Gasteiger partial charge in [-0.2, -0.15) is 0 Å². The van der Waals surface area contributed by atoms with Crippen LogP contribution in [0.2, 0.25) is 0 Å². The first-order chi connectivity index (χ1) is 14.1. The van der Waals surface area contributed by atoms with Gasteiger partial charge in [0.25, 0.3) is 0 Å². The van der Waals surface area contributed by atoms with Gasteiger partial charge in [-0.25, -0.2) is 4.79 Å². The van der Waals surface area contributed by atoms with Crippen molar-refractivity contribution in [2.45, 2.75) is 51.2 Å². The van der Waals surface area contributed by atoms with E-state index in [1.807, 2.05) is 6.07 Å². The van der Waals surface area contributed by atoms with Gasteiger partial charge in [0.2, 0.25) is 11.8 Å². The number of nitrogens with one attached hydrogen (secondary N) is 2. The van der Waals surface area contributed by atoms with E-state index in [9.17, 15) is 19.5 Å². The summed E-state index contributed by atoms with van der Waals surface area (Å²) in [6, 6.07) is 6.10. The van der Waals surface area contributed by atoms with Crippen molar-refractivity contribution in [3.8, 4) is 0 Å². The second-order valence-electron chi connectivity index (χ2n) is 7.37. The van der Waals surface area contributed by atoms with Crippen LogP contribution in [0.15, 0.2) is 35.3 Å². The molecule has 0 bridgehead atoms. The van der Waals surface area contributed by atoms with Gasteiger partial charge in [0.15, 0.2) is 5.96 Å². The molecule has 0 unspecified atom stereocenters. The van der Waals surface area contributed by atoms with Gasteiger partial charge < -0.3 is 32.9 Å². The molecule has 0 spiro atoms. The molecule has 0 aliphatic carbocycles. The molecule has 0 aliphatic heterocycles. The minimum atomic E-state index is -1.16. The average Bonchev–Trinajstić information content (AvgIpc) is 2.68.